The van der Waals surface area contributed by atoms with Gasteiger partial charge < -0.3 is 19.5 Å². The van der Waals surface area contributed by atoms with E-state index in [0.29, 0.717) is 37.4 Å². The second kappa shape index (κ2) is 9.30. The number of ether oxygens (including phenoxy) is 3. The minimum atomic E-state index is -0.484. The van der Waals surface area contributed by atoms with E-state index in [-0.39, 0.29) is 6.61 Å². The lowest BCUT2D eigenvalue weighted by Crippen LogP contribution is -2.13. The van der Waals surface area contributed by atoms with Crippen molar-refractivity contribution in [1.29, 1.82) is 5.26 Å². The number of thiophene rings is 1. The molecule has 0 saturated carbocycles. The van der Waals surface area contributed by atoms with Gasteiger partial charge in [0.1, 0.15) is 26.8 Å². The summed E-state index contributed by atoms with van der Waals surface area (Å²) in [7, 11) is 2.97. The Bertz CT molecular complexity index is 902. The molecular weight excluding hydrogens is 388 g/mol. The van der Waals surface area contributed by atoms with Gasteiger partial charge in [-0.3, -0.25) is 4.79 Å². The number of rotatable bonds is 7. The minimum absolute atomic E-state index is 0.238. The molecule has 0 aliphatic rings. The average molecular weight is 406 g/mol. The highest BCUT2D eigenvalue weighted by atomic mass is 32.2. The maximum absolute atomic E-state index is 12.7. The van der Waals surface area contributed by atoms with E-state index in [0.717, 1.165) is 23.1 Å². The normalized spacial score (nSPS) is 10.0. The molecule has 1 aromatic heterocycles. The number of hydrogen-bond acceptors (Lipinski definition) is 8. The van der Waals surface area contributed by atoms with Crippen molar-refractivity contribution in [2.24, 2.45) is 0 Å². The van der Waals surface area contributed by atoms with Crippen molar-refractivity contribution in [2.45, 2.75) is 18.7 Å². The van der Waals surface area contributed by atoms with E-state index in [2.05, 4.69) is 5.32 Å². The number of nitrogens with one attached hydrogen (secondary N) is 1. The van der Waals surface area contributed by atoms with Crippen LogP contribution in [0.15, 0.2) is 23.1 Å². The van der Waals surface area contributed by atoms with Gasteiger partial charge in [0.25, 0.3) is 5.91 Å². The summed E-state index contributed by atoms with van der Waals surface area (Å²) in [4.78, 5) is 25.7. The molecule has 1 amide bonds. The second-order valence-electron chi connectivity index (χ2n) is 5.15. The van der Waals surface area contributed by atoms with Crippen LogP contribution in [-0.2, 0) is 4.74 Å². The van der Waals surface area contributed by atoms with Crippen LogP contribution in [0.3, 0.4) is 0 Å². The van der Waals surface area contributed by atoms with Crippen LogP contribution in [0.2, 0.25) is 0 Å². The van der Waals surface area contributed by atoms with Crippen molar-refractivity contribution in [1.82, 2.24) is 0 Å². The standard InChI is InChI=1S/C18H18N2O5S2/c1-5-25-18(22)15-10(2)14(26-9-19)17(27-15)20-16(21)12-7-6-11(23-3)8-13(12)24-4/h6-8H,5H2,1-4H3,(H,20,21). The average Bonchev–Trinajstić information content (AvgIpc) is 2.97. The molecule has 0 bridgehead atoms. The lowest BCUT2D eigenvalue weighted by molar-refractivity contribution is 0.0531. The van der Waals surface area contributed by atoms with Gasteiger partial charge >= 0.3 is 5.97 Å². The molecule has 27 heavy (non-hydrogen) atoms. The van der Waals surface area contributed by atoms with Crippen molar-refractivity contribution in [2.75, 3.05) is 26.1 Å². The fraction of sp³-hybridized carbons (Fsp3) is 0.278. The summed E-state index contributed by atoms with van der Waals surface area (Å²) >= 11 is 1.95. The van der Waals surface area contributed by atoms with Crippen molar-refractivity contribution in [3.63, 3.8) is 0 Å². The molecule has 0 aliphatic heterocycles. The molecule has 0 saturated heterocycles. The van der Waals surface area contributed by atoms with E-state index >= 15 is 0 Å². The third-order valence-electron chi connectivity index (χ3n) is 3.58. The number of esters is 1. The Labute approximate surface area is 165 Å². The highest BCUT2D eigenvalue weighted by Gasteiger charge is 2.24. The number of methoxy groups -OCH3 is 2. The van der Waals surface area contributed by atoms with E-state index in [1.54, 1.807) is 32.0 Å². The Hall–Kier alpha value is -2.70. The Morgan fingerprint density at radius 2 is 2.04 bits per heavy atom. The van der Waals surface area contributed by atoms with Crippen LogP contribution in [0.5, 0.6) is 11.5 Å². The first-order valence-electron chi connectivity index (χ1n) is 7.86. The zero-order chi connectivity index (χ0) is 20.0. The van der Waals surface area contributed by atoms with Crippen LogP contribution < -0.4 is 14.8 Å². The van der Waals surface area contributed by atoms with Gasteiger partial charge in [-0.25, -0.2) is 4.79 Å². The zero-order valence-electron chi connectivity index (χ0n) is 15.2. The van der Waals surface area contributed by atoms with Gasteiger partial charge in [0.2, 0.25) is 0 Å². The van der Waals surface area contributed by atoms with Crippen molar-refractivity contribution in [3.8, 4) is 16.9 Å². The van der Waals surface area contributed by atoms with Crippen molar-refractivity contribution >= 4 is 40.0 Å². The van der Waals surface area contributed by atoms with Crippen LogP contribution in [0, 0.1) is 17.6 Å². The molecule has 0 spiro atoms. The summed E-state index contributed by atoms with van der Waals surface area (Å²) < 4.78 is 15.4. The maximum atomic E-state index is 12.7. The molecule has 2 rings (SSSR count). The topological polar surface area (TPSA) is 97.7 Å². The SMILES string of the molecule is CCOC(=O)c1sc(NC(=O)c2ccc(OC)cc2OC)c(SC#N)c1C. The highest BCUT2D eigenvalue weighted by Crippen LogP contribution is 2.40. The number of amides is 1. The highest BCUT2D eigenvalue weighted by molar-refractivity contribution is 8.04. The molecule has 2 aromatic rings. The third-order valence-corrected chi connectivity index (χ3v) is 5.70. The molecule has 0 fully saturated rings. The number of carbonyl (C=O) groups excluding carboxylic acids is 2. The van der Waals surface area contributed by atoms with Crippen LogP contribution in [0.1, 0.15) is 32.5 Å². The summed E-state index contributed by atoms with van der Waals surface area (Å²) in [6.45, 7) is 3.66. The summed E-state index contributed by atoms with van der Waals surface area (Å²) in [6, 6.07) is 4.83. The monoisotopic (exact) mass is 406 g/mol. The van der Waals surface area contributed by atoms with Gasteiger partial charge in [0.15, 0.2) is 0 Å². The van der Waals surface area contributed by atoms with E-state index in [1.807, 2.05) is 5.40 Å². The first-order valence-corrected chi connectivity index (χ1v) is 9.49. The number of anilines is 1. The number of hydrogen-bond donors (Lipinski definition) is 1. The van der Waals surface area contributed by atoms with Gasteiger partial charge in [-0.15, -0.1) is 11.3 Å². The van der Waals surface area contributed by atoms with Gasteiger partial charge in [0, 0.05) is 6.07 Å². The van der Waals surface area contributed by atoms with Gasteiger partial charge in [-0.2, -0.15) is 5.26 Å². The maximum Gasteiger partial charge on any atom is 0.348 e. The third kappa shape index (κ3) is 4.53. The van der Waals surface area contributed by atoms with Crippen LogP contribution in [0.4, 0.5) is 5.00 Å². The molecule has 142 valence electrons. The molecule has 1 heterocycles. The second-order valence-corrected chi connectivity index (χ2v) is 6.96. The molecule has 0 unspecified atom stereocenters. The number of thioether (sulfide) groups is 1. The Morgan fingerprint density at radius 3 is 2.63 bits per heavy atom. The number of thiocyanates is 1. The number of benzene rings is 1. The minimum Gasteiger partial charge on any atom is -0.497 e. The zero-order valence-corrected chi connectivity index (χ0v) is 16.9. The fourth-order valence-electron chi connectivity index (χ4n) is 2.30. The van der Waals surface area contributed by atoms with Crippen LogP contribution >= 0.6 is 23.1 Å². The van der Waals surface area contributed by atoms with Crippen molar-refractivity contribution < 1.29 is 23.8 Å². The van der Waals surface area contributed by atoms with Gasteiger partial charge in [0.05, 0.1) is 31.3 Å². The predicted molar refractivity (Wildman–Crippen MR) is 104 cm³/mol. The number of nitriles is 1. The summed E-state index contributed by atoms with van der Waals surface area (Å²) in [5.41, 5.74) is 0.900. The quantitative estimate of drug-likeness (QED) is 0.420. The van der Waals surface area contributed by atoms with E-state index < -0.39 is 11.9 Å². The summed E-state index contributed by atoms with van der Waals surface area (Å²) in [5.74, 6) is -0.00538. The molecule has 9 heteroatoms. The Balaban J connectivity index is 2.39. The van der Waals surface area contributed by atoms with Crippen molar-refractivity contribution in [3.05, 3.63) is 34.2 Å². The molecule has 0 atom stereocenters. The van der Waals surface area contributed by atoms with Gasteiger partial charge in [-0.1, -0.05) is 0 Å². The van der Waals surface area contributed by atoms with Crippen LogP contribution in [0.25, 0.3) is 0 Å². The molecule has 0 radical (unpaired) electrons. The van der Waals surface area contributed by atoms with Gasteiger partial charge in [-0.05, 0) is 43.3 Å². The number of nitrogens with zero attached hydrogens (tertiary/aromatic N) is 1. The van der Waals surface area contributed by atoms with Crippen LogP contribution in [-0.4, -0.2) is 32.7 Å². The van der Waals surface area contributed by atoms with E-state index in [9.17, 15) is 9.59 Å². The summed E-state index contributed by atoms with van der Waals surface area (Å²) in [5, 5.41) is 14.2. The Morgan fingerprint density at radius 1 is 1.30 bits per heavy atom. The lowest BCUT2D eigenvalue weighted by atomic mass is 10.1. The first kappa shape index (κ1) is 20.6. The lowest BCUT2D eigenvalue weighted by Gasteiger charge is -2.10. The van der Waals surface area contributed by atoms with E-state index in [1.165, 1.54) is 14.2 Å². The molecular formula is C18H18N2O5S2. The summed E-state index contributed by atoms with van der Waals surface area (Å²) in [6.07, 6.45) is 0. The molecule has 1 aromatic carbocycles. The van der Waals surface area contributed by atoms with E-state index in [4.69, 9.17) is 19.5 Å². The predicted octanol–water partition coefficient (Wildman–Crippen LogP) is 4.08. The largest absolute Gasteiger partial charge is 0.497 e. The number of carbonyl (C=O) groups is 2. The fourth-order valence-corrected chi connectivity index (χ4v) is 4.09. The molecule has 7 nitrogen and oxygen atoms in total. The Kier molecular flexibility index (Phi) is 7.10. The molecule has 1 N–H and O–H groups in total. The smallest absolute Gasteiger partial charge is 0.348 e. The first-order chi connectivity index (χ1) is 13.0. The molecule has 0 aliphatic carbocycles.